The molecular formula is C9H8ClN3OS. The predicted molar refractivity (Wildman–Crippen MR) is 59.7 cm³/mol. The maximum atomic E-state index is 5.64. The number of rotatable bonds is 3. The molecule has 0 aliphatic carbocycles. The Morgan fingerprint density at radius 3 is 2.73 bits per heavy atom. The number of hydrogen-bond donors (Lipinski definition) is 1. The van der Waals surface area contributed by atoms with Crippen LogP contribution in [0.5, 0.6) is 0 Å². The molecule has 78 valence electrons. The smallest absolute Gasteiger partial charge is 0.193 e. The molecule has 0 amide bonds. The van der Waals surface area contributed by atoms with Crippen LogP contribution in [0.15, 0.2) is 33.7 Å². The summed E-state index contributed by atoms with van der Waals surface area (Å²) in [5.41, 5.74) is 5.42. The molecule has 0 aliphatic heterocycles. The van der Waals surface area contributed by atoms with E-state index in [1.165, 1.54) is 11.8 Å². The Morgan fingerprint density at radius 1 is 1.27 bits per heavy atom. The fourth-order valence-electron chi connectivity index (χ4n) is 0.982. The van der Waals surface area contributed by atoms with E-state index < -0.39 is 0 Å². The second-order valence-corrected chi connectivity index (χ2v) is 4.16. The van der Waals surface area contributed by atoms with E-state index in [1.54, 1.807) is 12.1 Å². The Hall–Kier alpha value is -1.20. The fraction of sp³-hybridized carbons (Fsp3) is 0.111. The Kier molecular flexibility index (Phi) is 3.13. The lowest BCUT2D eigenvalue weighted by Crippen LogP contribution is -1.92. The van der Waals surface area contributed by atoms with Gasteiger partial charge in [-0.1, -0.05) is 11.8 Å². The van der Waals surface area contributed by atoms with Crippen LogP contribution >= 0.6 is 23.4 Å². The van der Waals surface area contributed by atoms with Gasteiger partial charge in [0.25, 0.3) is 0 Å². The highest BCUT2D eigenvalue weighted by atomic mass is 35.5. The van der Waals surface area contributed by atoms with Gasteiger partial charge in [-0.25, -0.2) is 0 Å². The second kappa shape index (κ2) is 4.55. The van der Waals surface area contributed by atoms with Gasteiger partial charge in [-0.15, -0.1) is 10.2 Å². The molecule has 2 heterocycles. The lowest BCUT2D eigenvalue weighted by Gasteiger charge is -1.97. The Labute approximate surface area is 95.8 Å². The van der Waals surface area contributed by atoms with Crippen molar-refractivity contribution < 1.29 is 4.42 Å². The first-order chi connectivity index (χ1) is 7.24. The topological polar surface area (TPSA) is 64.9 Å². The van der Waals surface area contributed by atoms with Gasteiger partial charge >= 0.3 is 0 Å². The van der Waals surface area contributed by atoms with Crippen LogP contribution in [0.4, 0.5) is 5.82 Å². The molecule has 0 bridgehead atoms. The molecule has 15 heavy (non-hydrogen) atoms. The third-order valence-corrected chi connectivity index (χ3v) is 2.80. The highest BCUT2D eigenvalue weighted by Crippen LogP contribution is 2.23. The summed E-state index contributed by atoms with van der Waals surface area (Å²) in [7, 11) is 0. The van der Waals surface area contributed by atoms with Gasteiger partial charge in [-0.05, 0) is 35.9 Å². The van der Waals surface area contributed by atoms with E-state index in [1.807, 2.05) is 12.1 Å². The Bertz CT molecular complexity index is 443. The van der Waals surface area contributed by atoms with Gasteiger partial charge in [0.05, 0.1) is 5.75 Å². The molecule has 0 radical (unpaired) electrons. The van der Waals surface area contributed by atoms with E-state index in [2.05, 4.69) is 10.2 Å². The van der Waals surface area contributed by atoms with E-state index in [0.717, 1.165) is 10.8 Å². The number of hydrogen-bond acceptors (Lipinski definition) is 5. The van der Waals surface area contributed by atoms with Gasteiger partial charge in [0.2, 0.25) is 0 Å². The summed E-state index contributed by atoms with van der Waals surface area (Å²) < 4.78 is 5.20. The number of nitrogen functional groups attached to an aromatic ring is 1. The van der Waals surface area contributed by atoms with Crippen LogP contribution in [0.1, 0.15) is 5.76 Å². The summed E-state index contributed by atoms with van der Waals surface area (Å²) in [5.74, 6) is 1.90. The molecule has 0 saturated carbocycles. The molecule has 4 nitrogen and oxygen atoms in total. The Balaban J connectivity index is 1.96. The molecule has 2 aromatic rings. The number of halogens is 1. The molecule has 2 N–H and O–H groups in total. The van der Waals surface area contributed by atoms with E-state index in [-0.39, 0.29) is 0 Å². The summed E-state index contributed by atoms with van der Waals surface area (Å²) in [5, 5.41) is 8.86. The third kappa shape index (κ3) is 2.87. The molecule has 2 rings (SSSR count). The van der Waals surface area contributed by atoms with Gasteiger partial charge in [-0.3, -0.25) is 0 Å². The SMILES string of the molecule is Nc1ccc(SCc2ccc(Cl)o2)nn1. The quantitative estimate of drug-likeness (QED) is 0.837. The molecule has 0 atom stereocenters. The fourth-order valence-corrected chi connectivity index (χ4v) is 1.85. The van der Waals surface area contributed by atoms with Gasteiger partial charge in [0.1, 0.15) is 16.6 Å². The van der Waals surface area contributed by atoms with E-state index in [9.17, 15) is 0 Å². The number of thioether (sulfide) groups is 1. The zero-order valence-corrected chi connectivity index (χ0v) is 9.26. The predicted octanol–water partition coefficient (Wildman–Crippen LogP) is 2.60. The van der Waals surface area contributed by atoms with E-state index in [4.69, 9.17) is 21.8 Å². The molecule has 0 aromatic carbocycles. The Morgan fingerprint density at radius 2 is 2.13 bits per heavy atom. The van der Waals surface area contributed by atoms with Crippen molar-refractivity contribution in [1.82, 2.24) is 10.2 Å². The van der Waals surface area contributed by atoms with Crippen molar-refractivity contribution >= 4 is 29.2 Å². The second-order valence-electron chi connectivity index (χ2n) is 2.79. The van der Waals surface area contributed by atoms with Crippen LogP contribution in [0.25, 0.3) is 0 Å². The molecule has 0 unspecified atom stereocenters. The summed E-state index contributed by atoms with van der Waals surface area (Å²) in [6, 6.07) is 7.08. The highest BCUT2D eigenvalue weighted by Gasteiger charge is 2.02. The summed E-state index contributed by atoms with van der Waals surface area (Å²) >= 11 is 7.16. The van der Waals surface area contributed by atoms with Crippen LogP contribution < -0.4 is 5.73 Å². The van der Waals surface area contributed by atoms with Crippen molar-refractivity contribution in [2.24, 2.45) is 0 Å². The molecular weight excluding hydrogens is 234 g/mol. The summed E-state index contributed by atoms with van der Waals surface area (Å²) in [4.78, 5) is 0. The zero-order valence-electron chi connectivity index (χ0n) is 7.68. The van der Waals surface area contributed by atoms with Crippen LogP contribution in [-0.2, 0) is 5.75 Å². The molecule has 0 fully saturated rings. The van der Waals surface area contributed by atoms with Gasteiger partial charge in [-0.2, -0.15) is 0 Å². The van der Waals surface area contributed by atoms with Crippen molar-refractivity contribution in [2.75, 3.05) is 5.73 Å². The number of anilines is 1. The lowest BCUT2D eigenvalue weighted by molar-refractivity contribution is 0.532. The summed E-state index contributed by atoms with van der Waals surface area (Å²) in [6.07, 6.45) is 0. The minimum Gasteiger partial charge on any atom is -0.449 e. The first kappa shape index (κ1) is 10.3. The molecule has 6 heteroatoms. The van der Waals surface area contributed by atoms with E-state index >= 15 is 0 Å². The van der Waals surface area contributed by atoms with Gasteiger partial charge < -0.3 is 10.2 Å². The lowest BCUT2D eigenvalue weighted by atomic mass is 10.5. The van der Waals surface area contributed by atoms with Crippen molar-refractivity contribution in [3.63, 3.8) is 0 Å². The van der Waals surface area contributed by atoms with Crippen LogP contribution in [0, 0.1) is 0 Å². The monoisotopic (exact) mass is 241 g/mol. The van der Waals surface area contributed by atoms with Crippen molar-refractivity contribution in [2.45, 2.75) is 10.8 Å². The number of nitrogens with zero attached hydrogens (tertiary/aromatic N) is 2. The molecule has 0 aliphatic rings. The van der Waals surface area contributed by atoms with Crippen LogP contribution in [0.2, 0.25) is 5.22 Å². The largest absolute Gasteiger partial charge is 0.449 e. The standard InChI is InChI=1S/C9H8ClN3OS/c10-7-2-1-6(14-7)5-15-9-4-3-8(11)12-13-9/h1-4H,5H2,(H2,11,12). The van der Waals surface area contributed by atoms with Gasteiger partial charge in [0, 0.05) is 0 Å². The van der Waals surface area contributed by atoms with Crippen molar-refractivity contribution in [3.8, 4) is 0 Å². The first-order valence-electron chi connectivity index (χ1n) is 4.20. The average molecular weight is 242 g/mol. The number of nitrogens with two attached hydrogens (primary N) is 1. The van der Waals surface area contributed by atoms with Crippen LogP contribution in [0.3, 0.4) is 0 Å². The highest BCUT2D eigenvalue weighted by molar-refractivity contribution is 7.98. The molecule has 2 aromatic heterocycles. The number of furan rings is 1. The van der Waals surface area contributed by atoms with Crippen LogP contribution in [-0.4, -0.2) is 10.2 Å². The average Bonchev–Trinajstić information content (AvgIpc) is 2.64. The van der Waals surface area contributed by atoms with Crippen molar-refractivity contribution in [3.05, 3.63) is 35.2 Å². The van der Waals surface area contributed by atoms with Crippen molar-refractivity contribution in [1.29, 1.82) is 0 Å². The minimum absolute atomic E-state index is 0.397. The molecule has 0 spiro atoms. The zero-order chi connectivity index (χ0) is 10.7. The first-order valence-corrected chi connectivity index (χ1v) is 5.56. The van der Waals surface area contributed by atoms with E-state index in [0.29, 0.717) is 16.8 Å². The number of aromatic nitrogens is 2. The summed E-state index contributed by atoms with van der Waals surface area (Å²) in [6.45, 7) is 0. The van der Waals surface area contributed by atoms with Gasteiger partial charge in [0.15, 0.2) is 5.22 Å². The third-order valence-electron chi connectivity index (χ3n) is 1.65. The molecule has 0 saturated heterocycles. The normalized spacial score (nSPS) is 10.5. The minimum atomic E-state index is 0.397. The maximum absolute atomic E-state index is 5.64. The maximum Gasteiger partial charge on any atom is 0.193 e.